The lowest BCUT2D eigenvalue weighted by atomic mass is 9.86. The molecule has 0 saturated heterocycles. The van der Waals surface area contributed by atoms with Crippen LogP contribution in [0.4, 0.5) is 0 Å². The van der Waals surface area contributed by atoms with Gasteiger partial charge >= 0.3 is 5.97 Å². The molecule has 2 aromatic rings. The van der Waals surface area contributed by atoms with Crippen molar-refractivity contribution in [3.63, 3.8) is 0 Å². The quantitative estimate of drug-likeness (QED) is 0.268. The molecule has 2 N–H and O–H groups in total. The third-order valence-electron chi connectivity index (χ3n) is 5.18. The highest BCUT2D eigenvalue weighted by molar-refractivity contribution is 14.0. The van der Waals surface area contributed by atoms with Gasteiger partial charge in [0, 0.05) is 24.5 Å². The van der Waals surface area contributed by atoms with Gasteiger partial charge in [0.25, 0.3) is 0 Å². The van der Waals surface area contributed by atoms with Crippen LogP contribution in [-0.2, 0) is 16.1 Å². The van der Waals surface area contributed by atoms with Crippen molar-refractivity contribution >= 4 is 41.6 Å². The maximum Gasteiger partial charge on any atom is 0.308 e. The lowest BCUT2D eigenvalue weighted by Crippen LogP contribution is -2.45. The number of hydrogen-bond acceptors (Lipinski definition) is 4. The van der Waals surface area contributed by atoms with Crippen molar-refractivity contribution in [3.8, 4) is 0 Å². The van der Waals surface area contributed by atoms with Gasteiger partial charge in [-0.15, -0.1) is 24.0 Å². The first-order valence-corrected chi connectivity index (χ1v) is 10.3. The number of fused-ring (bicyclic) bond motifs is 1. The molecule has 0 spiro atoms. The van der Waals surface area contributed by atoms with Gasteiger partial charge < -0.3 is 19.8 Å². The molecule has 2 aromatic heterocycles. The molecule has 29 heavy (non-hydrogen) atoms. The Kier molecular flexibility index (Phi) is 9.19. The fourth-order valence-corrected chi connectivity index (χ4v) is 3.68. The normalized spacial score (nSPS) is 19.5. The van der Waals surface area contributed by atoms with Gasteiger partial charge in [0.15, 0.2) is 5.96 Å². The molecule has 0 unspecified atom stereocenters. The molecular formula is C21H32IN5O2. The topological polar surface area (TPSA) is 80.0 Å². The third kappa shape index (κ3) is 6.32. The number of halogens is 1. The number of rotatable bonds is 6. The lowest BCUT2D eigenvalue weighted by Gasteiger charge is -2.29. The summed E-state index contributed by atoms with van der Waals surface area (Å²) in [5.74, 6) is 0.790. The Labute approximate surface area is 189 Å². The van der Waals surface area contributed by atoms with E-state index in [0.29, 0.717) is 19.2 Å². The molecule has 0 aromatic carbocycles. The number of hydrogen-bond donors (Lipinski definition) is 2. The SMILES string of the molecule is CCNC(=NCc1cn2c(C)cccc2n1)NC1CCC(C(=O)OCC)CC1.I. The van der Waals surface area contributed by atoms with E-state index in [9.17, 15) is 4.79 Å². The fraction of sp³-hybridized carbons (Fsp3) is 0.571. The highest BCUT2D eigenvalue weighted by Gasteiger charge is 2.27. The average Bonchev–Trinajstić information content (AvgIpc) is 3.12. The molecule has 1 aliphatic rings. The van der Waals surface area contributed by atoms with Crippen LogP contribution in [0, 0.1) is 12.8 Å². The predicted octanol–water partition coefficient (Wildman–Crippen LogP) is 3.44. The third-order valence-corrected chi connectivity index (χ3v) is 5.18. The van der Waals surface area contributed by atoms with Crippen molar-refractivity contribution in [2.75, 3.05) is 13.2 Å². The van der Waals surface area contributed by atoms with Gasteiger partial charge in [-0.1, -0.05) is 6.07 Å². The van der Waals surface area contributed by atoms with E-state index in [-0.39, 0.29) is 35.9 Å². The summed E-state index contributed by atoms with van der Waals surface area (Å²) in [7, 11) is 0. The summed E-state index contributed by atoms with van der Waals surface area (Å²) in [4.78, 5) is 21.3. The van der Waals surface area contributed by atoms with E-state index in [1.54, 1.807) is 0 Å². The van der Waals surface area contributed by atoms with Gasteiger partial charge in [0.05, 0.1) is 24.8 Å². The maximum atomic E-state index is 11.9. The number of esters is 1. The number of nitrogens with zero attached hydrogens (tertiary/aromatic N) is 3. The minimum atomic E-state index is -0.0522. The van der Waals surface area contributed by atoms with Crippen LogP contribution in [0.1, 0.15) is 50.9 Å². The lowest BCUT2D eigenvalue weighted by molar-refractivity contribution is -0.149. The monoisotopic (exact) mass is 513 g/mol. The Morgan fingerprint density at radius 2 is 2.03 bits per heavy atom. The van der Waals surface area contributed by atoms with Crippen molar-refractivity contribution in [1.82, 2.24) is 20.0 Å². The van der Waals surface area contributed by atoms with Gasteiger partial charge in [-0.3, -0.25) is 4.79 Å². The minimum Gasteiger partial charge on any atom is -0.466 e. The summed E-state index contributed by atoms with van der Waals surface area (Å²) in [6.07, 6.45) is 5.66. The van der Waals surface area contributed by atoms with E-state index in [1.165, 1.54) is 0 Å². The zero-order valence-electron chi connectivity index (χ0n) is 17.5. The molecule has 0 amide bonds. The van der Waals surface area contributed by atoms with Crippen LogP contribution in [0.3, 0.4) is 0 Å². The molecule has 0 bridgehead atoms. The summed E-state index contributed by atoms with van der Waals surface area (Å²) < 4.78 is 7.24. The second-order valence-corrected chi connectivity index (χ2v) is 7.27. The van der Waals surface area contributed by atoms with Crippen LogP contribution in [0.15, 0.2) is 29.4 Å². The van der Waals surface area contributed by atoms with E-state index in [4.69, 9.17) is 9.73 Å². The van der Waals surface area contributed by atoms with Crippen LogP contribution in [0.2, 0.25) is 0 Å². The number of carbonyl (C=O) groups is 1. The molecule has 0 atom stereocenters. The smallest absolute Gasteiger partial charge is 0.308 e. The highest BCUT2D eigenvalue weighted by atomic mass is 127. The van der Waals surface area contributed by atoms with Gasteiger partial charge in [0.1, 0.15) is 5.65 Å². The first kappa shape index (κ1) is 23.4. The number of aliphatic imine (C=N–C) groups is 1. The van der Waals surface area contributed by atoms with E-state index in [1.807, 2.05) is 25.3 Å². The largest absolute Gasteiger partial charge is 0.466 e. The van der Waals surface area contributed by atoms with E-state index in [2.05, 4.69) is 39.9 Å². The summed E-state index contributed by atoms with van der Waals surface area (Å²) in [5, 5.41) is 6.83. The van der Waals surface area contributed by atoms with Gasteiger partial charge in [0.2, 0.25) is 0 Å². The maximum absolute atomic E-state index is 11.9. The molecular weight excluding hydrogens is 481 g/mol. The summed E-state index contributed by atoms with van der Waals surface area (Å²) >= 11 is 0. The van der Waals surface area contributed by atoms with E-state index >= 15 is 0 Å². The first-order chi connectivity index (χ1) is 13.6. The molecule has 0 aliphatic heterocycles. The van der Waals surface area contributed by atoms with Gasteiger partial charge in [-0.05, 0) is 58.6 Å². The summed E-state index contributed by atoms with van der Waals surface area (Å²) in [5.41, 5.74) is 3.04. The first-order valence-electron chi connectivity index (χ1n) is 10.3. The zero-order valence-corrected chi connectivity index (χ0v) is 19.8. The number of aryl methyl sites for hydroxylation is 1. The fourth-order valence-electron chi connectivity index (χ4n) is 3.68. The number of aromatic nitrogens is 2. The van der Waals surface area contributed by atoms with Crippen LogP contribution < -0.4 is 10.6 Å². The van der Waals surface area contributed by atoms with Crippen molar-refractivity contribution in [2.45, 2.75) is 59.0 Å². The molecule has 160 valence electrons. The average molecular weight is 513 g/mol. The van der Waals surface area contributed by atoms with Crippen LogP contribution in [0.5, 0.6) is 0 Å². The van der Waals surface area contributed by atoms with Crippen LogP contribution >= 0.6 is 24.0 Å². The Morgan fingerprint density at radius 1 is 1.28 bits per heavy atom. The second kappa shape index (κ2) is 11.4. The molecule has 1 aliphatic carbocycles. The summed E-state index contributed by atoms with van der Waals surface area (Å²) in [6.45, 7) is 7.76. The predicted molar refractivity (Wildman–Crippen MR) is 126 cm³/mol. The molecule has 1 saturated carbocycles. The zero-order chi connectivity index (χ0) is 19.9. The van der Waals surface area contributed by atoms with Crippen molar-refractivity contribution in [1.29, 1.82) is 0 Å². The molecule has 8 heteroatoms. The Bertz CT molecular complexity index is 828. The van der Waals surface area contributed by atoms with E-state index in [0.717, 1.165) is 55.2 Å². The van der Waals surface area contributed by atoms with Gasteiger partial charge in [-0.25, -0.2) is 9.98 Å². The number of imidazole rings is 1. The Balaban J connectivity index is 0.00000300. The Morgan fingerprint density at radius 3 is 2.69 bits per heavy atom. The molecule has 3 rings (SSSR count). The number of guanidine groups is 1. The number of pyridine rings is 1. The minimum absolute atomic E-state index is 0. The molecule has 7 nitrogen and oxygen atoms in total. The summed E-state index contributed by atoms with van der Waals surface area (Å²) in [6, 6.07) is 6.42. The highest BCUT2D eigenvalue weighted by Crippen LogP contribution is 2.25. The van der Waals surface area contributed by atoms with E-state index < -0.39 is 0 Å². The molecule has 1 fully saturated rings. The number of carbonyl (C=O) groups excluding carboxylic acids is 1. The standard InChI is InChI=1S/C21H31N5O2.HI/c1-4-22-21(25-17-11-9-16(10-12-17)20(27)28-5-2)23-13-18-14-26-15(3)7-6-8-19(26)24-18;/h6-8,14,16-17H,4-5,9-13H2,1-3H3,(H2,22,23,25);1H. The number of nitrogens with one attached hydrogen (secondary N) is 2. The van der Waals surface area contributed by atoms with Crippen molar-refractivity contribution in [3.05, 3.63) is 35.8 Å². The molecule has 2 heterocycles. The van der Waals surface area contributed by atoms with Crippen LogP contribution in [0.25, 0.3) is 5.65 Å². The van der Waals surface area contributed by atoms with Crippen molar-refractivity contribution in [2.24, 2.45) is 10.9 Å². The molecule has 0 radical (unpaired) electrons. The second-order valence-electron chi connectivity index (χ2n) is 7.27. The van der Waals surface area contributed by atoms with Crippen LogP contribution in [-0.4, -0.2) is 40.5 Å². The Hall–Kier alpha value is -1.84. The van der Waals surface area contributed by atoms with Crippen molar-refractivity contribution < 1.29 is 9.53 Å². The number of ether oxygens (including phenoxy) is 1. The van der Waals surface area contributed by atoms with Gasteiger partial charge in [-0.2, -0.15) is 0 Å².